The van der Waals surface area contributed by atoms with Crippen LogP contribution in [0.1, 0.15) is 30.9 Å². The first-order chi connectivity index (χ1) is 8.74. The summed E-state index contributed by atoms with van der Waals surface area (Å²) < 4.78 is 0. The third-order valence-corrected chi connectivity index (χ3v) is 4.03. The summed E-state index contributed by atoms with van der Waals surface area (Å²) >= 11 is 6.01. The third-order valence-electron chi connectivity index (χ3n) is 3.80. The van der Waals surface area contributed by atoms with Crippen molar-refractivity contribution in [1.29, 1.82) is 0 Å². The highest BCUT2D eigenvalue weighted by molar-refractivity contribution is 6.30. The molecule has 3 atom stereocenters. The molecule has 0 aliphatic heterocycles. The van der Waals surface area contributed by atoms with Gasteiger partial charge >= 0.3 is 0 Å². The lowest BCUT2D eigenvalue weighted by atomic mass is 10.0. The smallest absolute Gasteiger partial charge is 0.0474 e. The summed E-state index contributed by atoms with van der Waals surface area (Å²) in [6.45, 7) is 0.791. The molecule has 1 aliphatic rings. The van der Waals surface area contributed by atoms with Crippen molar-refractivity contribution in [3.63, 3.8) is 0 Å². The molecule has 0 amide bonds. The van der Waals surface area contributed by atoms with E-state index in [2.05, 4.69) is 5.32 Å². The summed E-state index contributed by atoms with van der Waals surface area (Å²) in [5.74, 6) is 0.359. The fraction of sp³-hybridized carbons (Fsp3) is 0.571. The molecule has 1 fully saturated rings. The Kier molecular flexibility index (Phi) is 5.01. The third kappa shape index (κ3) is 3.23. The van der Waals surface area contributed by atoms with E-state index < -0.39 is 0 Å². The molecule has 0 spiro atoms. The van der Waals surface area contributed by atoms with Crippen LogP contribution in [0.3, 0.4) is 0 Å². The number of aliphatic hydroxyl groups excluding tert-OH is 1. The van der Waals surface area contributed by atoms with Crippen molar-refractivity contribution in [3.8, 4) is 0 Å². The normalized spacial score (nSPS) is 25.3. The Balaban J connectivity index is 2.05. The zero-order valence-electron chi connectivity index (χ0n) is 10.5. The molecule has 3 unspecified atom stereocenters. The second-order valence-electron chi connectivity index (χ2n) is 4.99. The standard InChI is InChI=1S/C14H21ClN2O/c15-12-5-1-3-10(7-12)14(8-16)17-13-6-2-4-11(13)9-18/h1,3,5,7,11,13-14,17-18H,2,4,6,8-9,16H2. The number of rotatable bonds is 5. The van der Waals surface area contributed by atoms with Gasteiger partial charge in [-0.25, -0.2) is 0 Å². The second-order valence-corrected chi connectivity index (χ2v) is 5.43. The highest BCUT2D eigenvalue weighted by atomic mass is 35.5. The van der Waals surface area contributed by atoms with E-state index >= 15 is 0 Å². The molecular formula is C14H21ClN2O. The minimum atomic E-state index is 0.112. The van der Waals surface area contributed by atoms with Gasteiger partial charge in [0.25, 0.3) is 0 Å². The SMILES string of the molecule is NCC(NC1CCCC1CO)c1cccc(Cl)c1. The molecule has 4 heteroatoms. The fourth-order valence-electron chi connectivity index (χ4n) is 2.76. The van der Waals surface area contributed by atoms with Gasteiger partial charge in [-0.05, 0) is 36.5 Å². The zero-order chi connectivity index (χ0) is 13.0. The van der Waals surface area contributed by atoms with Crippen LogP contribution in [0.15, 0.2) is 24.3 Å². The molecule has 0 radical (unpaired) electrons. The quantitative estimate of drug-likeness (QED) is 0.766. The number of hydrogen-bond acceptors (Lipinski definition) is 3. The first kappa shape index (κ1) is 13.8. The Morgan fingerprint density at radius 1 is 1.44 bits per heavy atom. The van der Waals surface area contributed by atoms with E-state index in [4.69, 9.17) is 17.3 Å². The molecule has 0 bridgehead atoms. The molecule has 100 valence electrons. The van der Waals surface area contributed by atoms with Crippen LogP contribution < -0.4 is 11.1 Å². The van der Waals surface area contributed by atoms with Crippen LogP contribution in [-0.4, -0.2) is 24.3 Å². The van der Waals surface area contributed by atoms with Crippen molar-refractivity contribution in [3.05, 3.63) is 34.9 Å². The molecule has 1 aliphatic carbocycles. The highest BCUT2D eigenvalue weighted by Gasteiger charge is 2.28. The Morgan fingerprint density at radius 2 is 2.28 bits per heavy atom. The van der Waals surface area contributed by atoms with Gasteiger partial charge in [0.05, 0.1) is 0 Å². The Bertz CT molecular complexity index is 386. The van der Waals surface area contributed by atoms with Crippen molar-refractivity contribution >= 4 is 11.6 Å². The molecule has 3 nitrogen and oxygen atoms in total. The van der Waals surface area contributed by atoms with Gasteiger partial charge in [0.1, 0.15) is 0 Å². The first-order valence-electron chi connectivity index (χ1n) is 6.57. The molecule has 18 heavy (non-hydrogen) atoms. The zero-order valence-corrected chi connectivity index (χ0v) is 11.2. The van der Waals surface area contributed by atoms with E-state index in [1.165, 1.54) is 6.42 Å². The summed E-state index contributed by atoms with van der Waals surface area (Å²) in [7, 11) is 0. The maximum Gasteiger partial charge on any atom is 0.0474 e. The van der Waals surface area contributed by atoms with Crippen molar-refractivity contribution in [2.45, 2.75) is 31.3 Å². The first-order valence-corrected chi connectivity index (χ1v) is 6.95. The van der Waals surface area contributed by atoms with Gasteiger partial charge in [-0.1, -0.05) is 30.2 Å². The molecule has 1 aromatic carbocycles. The van der Waals surface area contributed by atoms with Crippen LogP contribution in [0.4, 0.5) is 0 Å². The van der Waals surface area contributed by atoms with Crippen LogP contribution in [-0.2, 0) is 0 Å². The minimum Gasteiger partial charge on any atom is -0.396 e. The van der Waals surface area contributed by atoms with E-state index in [0.29, 0.717) is 18.5 Å². The predicted octanol–water partition coefficient (Wildman–Crippen LogP) is 2.09. The summed E-state index contributed by atoms with van der Waals surface area (Å²) in [6, 6.07) is 8.28. The number of benzene rings is 1. The summed E-state index contributed by atoms with van der Waals surface area (Å²) in [5, 5.41) is 13.6. The van der Waals surface area contributed by atoms with E-state index in [-0.39, 0.29) is 12.6 Å². The highest BCUT2D eigenvalue weighted by Crippen LogP contribution is 2.28. The summed E-state index contributed by atoms with van der Waals surface area (Å²) in [5.41, 5.74) is 6.97. The summed E-state index contributed by atoms with van der Waals surface area (Å²) in [4.78, 5) is 0. The van der Waals surface area contributed by atoms with Crippen LogP contribution in [0.25, 0.3) is 0 Å². The van der Waals surface area contributed by atoms with E-state index in [1.807, 2.05) is 24.3 Å². The Morgan fingerprint density at radius 3 is 2.94 bits per heavy atom. The van der Waals surface area contributed by atoms with Crippen molar-refractivity contribution in [2.75, 3.05) is 13.2 Å². The lowest BCUT2D eigenvalue weighted by Crippen LogP contribution is -2.39. The predicted molar refractivity (Wildman–Crippen MR) is 74.6 cm³/mol. The number of nitrogens with two attached hydrogens (primary N) is 1. The maximum atomic E-state index is 9.34. The molecule has 0 aromatic heterocycles. The average Bonchev–Trinajstić information content (AvgIpc) is 2.83. The van der Waals surface area contributed by atoms with E-state index in [1.54, 1.807) is 0 Å². The molecule has 1 saturated carbocycles. The van der Waals surface area contributed by atoms with Gasteiger partial charge in [-0.15, -0.1) is 0 Å². The van der Waals surface area contributed by atoms with E-state index in [9.17, 15) is 5.11 Å². The molecule has 1 aromatic rings. The van der Waals surface area contributed by atoms with Gasteiger partial charge < -0.3 is 16.2 Å². The second kappa shape index (κ2) is 6.53. The van der Waals surface area contributed by atoms with Crippen LogP contribution >= 0.6 is 11.6 Å². The topological polar surface area (TPSA) is 58.3 Å². The fourth-order valence-corrected chi connectivity index (χ4v) is 2.96. The van der Waals surface area contributed by atoms with Gasteiger partial charge in [-0.2, -0.15) is 0 Å². The summed E-state index contributed by atoms with van der Waals surface area (Å²) in [6.07, 6.45) is 3.39. The van der Waals surface area contributed by atoms with Gasteiger partial charge in [0.15, 0.2) is 0 Å². The largest absolute Gasteiger partial charge is 0.396 e. The minimum absolute atomic E-state index is 0.112. The molecule has 4 N–H and O–H groups in total. The molecule has 2 rings (SSSR count). The van der Waals surface area contributed by atoms with Gasteiger partial charge in [-0.3, -0.25) is 0 Å². The van der Waals surface area contributed by atoms with Crippen LogP contribution in [0.2, 0.25) is 5.02 Å². The van der Waals surface area contributed by atoms with Crippen LogP contribution in [0.5, 0.6) is 0 Å². The molecular weight excluding hydrogens is 248 g/mol. The average molecular weight is 269 g/mol. The van der Waals surface area contributed by atoms with Gasteiger partial charge in [0, 0.05) is 30.3 Å². The Labute approximate surface area is 113 Å². The monoisotopic (exact) mass is 268 g/mol. The number of aliphatic hydroxyl groups is 1. The number of hydrogen-bond donors (Lipinski definition) is 3. The maximum absolute atomic E-state index is 9.34. The molecule has 0 saturated heterocycles. The Hall–Kier alpha value is -0.610. The number of halogens is 1. The van der Waals surface area contributed by atoms with Crippen molar-refractivity contribution in [2.24, 2.45) is 11.7 Å². The van der Waals surface area contributed by atoms with Crippen molar-refractivity contribution < 1.29 is 5.11 Å². The van der Waals surface area contributed by atoms with Crippen LogP contribution in [0, 0.1) is 5.92 Å². The lowest BCUT2D eigenvalue weighted by Gasteiger charge is -2.26. The lowest BCUT2D eigenvalue weighted by molar-refractivity contribution is 0.200. The molecule has 0 heterocycles. The van der Waals surface area contributed by atoms with E-state index in [0.717, 1.165) is 23.4 Å². The number of nitrogens with one attached hydrogen (secondary N) is 1. The van der Waals surface area contributed by atoms with Crippen molar-refractivity contribution in [1.82, 2.24) is 5.32 Å². The van der Waals surface area contributed by atoms with Gasteiger partial charge in [0.2, 0.25) is 0 Å².